The molecule has 0 spiro atoms. The van der Waals surface area contributed by atoms with E-state index < -0.39 is 0 Å². The zero-order chi connectivity index (χ0) is 17.9. The van der Waals surface area contributed by atoms with Crippen molar-refractivity contribution >= 4 is 5.96 Å². The van der Waals surface area contributed by atoms with Gasteiger partial charge in [-0.1, -0.05) is 13.8 Å². The van der Waals surface area contributed by atoms with Gasteiger partial charge in [-0.2, -0.15) is 0 Å². The summed E-state index contributed by atoms with van der Waals surface area (Å²) in [5.74, 6) is 1.00. The number of morpholine rings is 1. The molecule has 2 heterocycles. The van der Waals surface area contributed by atoms with E-state index in [-0.39, 0.29) is 12.2 Å². The summed E-state index contributed by atoms with van der Waals surface area (Å²) >= 11 is 0. The van der Waals surface area contributed by atoms with Crippen LogP contribution in [-0.2, 0) is 9.47 Å². The maximum absolute atomic E-state index is 5.94. The third-order valence-electron chi connectivity index (χ3n) is 5.00. The number of aliphatic imine (C=N–C) groups is 1. The van der Waals surface area contributed by atoms with Crippen molar-refractivity contribution in [3.05, 3.63) is 0 Å². The van der Waals surface area contributed by atoms with Crippen molar-refractivity contribution in [2.24, 2.45) is 4.99 Å². The van der Waals surface area contributed by atoms with Crippen LogP contribution in [0.25, 0.3) is 0 Å². The molecule has 2 atom stereocenters. The largest absolute Gasteiger partial charge is 0.375 e. The lowest BCUT2D eigenvalue weighted by Gasteiger charge is -2.37. The number of guanidine groups is 1. The van der Waals surface area contributed by atoms with Gasteiger partial charge in [0.2, 0.25) is 0 Å². The topological polar surface area (TPSA) is 49.3 Å². The third kappa shape index (κ3) is 6.76. The molecule has 6 heteroatoms. The van der Waals surface area contributed by atoms with Gasteiger partial charge in [-0.3, -0.25) is 4.99 Å². The second-order valence-electron chi connectivity index (χ2n) is 7.08. The fraction of sp³-hybridized carbons (Fsp3) is 0.947. The summed E-state index contributed by atoms with van der Waals surface area (Å²) in [5.41, 5.74) is 0. The van der Waals surface area contributed by atoms with Gasteiger partial charge in [-0.15, -0.1) is 0 Å². The summed E-state index contributed by atoms with van der Waals surface area (Å²) in [7, 11) is 1.87. The monoisotopic (exact) mass is 354 g/mol. The molecule has 0 aromatic rings. The summed E-state index contributed by atoms with van der Waals surface area (Å²) in [4.78, 5) is 9.37. The van der Waals surface area contributed by atoms with Crippen LogP contribution in [0.3, 0.4) is 0 Å². The van der Waals surface area contributed by atoms with Crippen LogP contribution in [0.4, 0.5) is 0 Å². The highest BCUT2D eigenvalue weighted by Crippen LogP contribution is 2.20. The Kier molecular flexibility index (Phi) is 9.58. The lowest BCUT2D eigenvalue weighted by atomic mass is 10.1. The number of nitrogens with zero attached hydrogens (tertiary/aromatic N) is 3. The summed E-state index contributed by atoms with van der Waals surface area (Å²) in [5, 5.41) is 3.54. The van der Waals surface area contributed by atoms with Crippen molar-refractivity contribution in [1.82, 2.24) is 15.1 Å². The Bertz CT molecular complexity index is 380. The molecule has 0 radical (unpaired) electrons. The molecule has 0 saturated carbocycles. The maximum Gasteiger partial charge on any atom is 0.193 e. The van der Waals surface area contributed by atoms with Crippen LogP contribution >= 0.6 is 0 Å². The van der Waals surface area contributed by atoms with E-state index in [2.05, 4.69) is 34.0 Å². The number of rotatable bonds is 9. The molecule has 2 aliphatic rings. The normalized spacial score (nSPS) is 25.0. The zero-order valence-corrected chi connectivity index (χ0v) is 16.5. The van der Waals surface area contributed by atoms with Crippen molar-refractivity contribution in [1.29, 1.82) is 0 Å². The Morgan fingerprint density at radius 3 is 2.52 bits per heavy atom. The number of nitrogens with one attached hydrogen (secondary N) is 1. The van der Waals surface area contributed by atoms with E-state index in [1.807, 2.05) is 7.05 Å². The Hall–Kier alpha value is -0.850. The molecular weight excluding hydrogens is 316 g/mol. The minimum atomic E-state index is 0.180. The second-order valence-corrected chi connectivity index (χ2v) is 7.08. The Morgan fingerprint density at radius 2 is 1.88 bits per heavy atom. The van der Waals surface area contributed by atoms with Crippen molar-refractivity contribution in [2.75, 3.05) is 59.5 Å². The van der Waals surface area contributed by atoms with Crippen LogP contribution in [0.1, 0.15) is 46.0 Å². The first-order valence-corrected chi connectivity index (χ1v) is 10.2. The van der Waals surface area contributed by atoms with Crippen molar-refractivity contribution in [2.45, 2.75) is 58.2 Å². The third-order valence-corrected chi connectivity index (χ3v) is 5.00. The lowest BCUT2D eigenvalue weighted by molar-refractivity contribution is -0.0816. The summed E-state index contributed by atoms with van der Waals surface area (Å²) < 4.78 is 11.7. The second kappa shape index (κ2) is 11.7. The fourth-order valence-corrected chi connectivity index (χ4v) is 3.79. The molecule has 2 unspecified atom stereocenters. The van der Waals surface area contributed by atoms with Gasteiger partial charge in [0.1, 0.15) is 6.10 Å². The molecule has 2 saturated heterocycles. The summed E-state index contributed by atoms with van der Waals surface area (Å²) in [6, 6.07) is 0. The molecule has 0 amide bonds. The first-order valence-electron chi connectivity index (χ1n) is 10.2. The zero-order valence-electron chi connectivity index (χ0n) is 16.5. The predicted octanol–water partition coefficient (Wildman–Crippen LogP) is 1.95. The number of ether oxygens (including phenoxy) is 2. The first-order chi connectivity index (χ1) is 12.3. The highest BCUT2D eigenvalue weighted by atomic mass is 16.5. The molecule has 146 valence electrons. The smallest absolute Gasteiger partial charge is 0.193 e. The van der Waals surface area contributed by atoms with Gasteiger partial charge in [-0.25, -0.2) is 0 Å². The van der Waals surface area contributed by atoms with Crippen molar-refractivity contribution in [3.63, 3.8) is 0 Å². The first kappa shape index (κ1) is 20.5. The molecule has 1 N–H and O–H groups in total. The van der Waals surface area contributed by atoms with Gasteiger partial charge < -0.3 is 24.6 Å². The predicted molar refractivity (Wildman–Crippen MR) is 103 cm³/mol. The van der Waals surface area contributed by atoms with Crippen LogP contribution in [0.2, 0.25) is 0 Å². The van der Waals surface area contributed by atoms with Gasteiger partial charge in [0.25, 0.3) is 0 Å². The van der Waals surface area contributed by atoms with Gasteiger partial charge in [0.05, 0.1) is 12.7 Å². The molecule has 0 aliphatic carbocycles. The number of hydrogen-bond donors (Lipinski definition) is 1. The molecule has 0 bridgehead atoms. The summed E-state index contributed by atoms with van der Waals surface area (Å²) in [6.45, 7) is 12.5. The van der Waals surface area contributed by atoms with E-state index >= 15 is 0 Å². The molecule has 2 rings (SSSR count). The quantitative estimate of drug-likeness (QED) is 0.390. The van der Waals surface area contributed by atoms with Crippen molar-refractivity contribution < 1.29 is 9.47 Å². The molecule has 6 nitrogen and oxygen atoms in total. The highest BCUT2D eigenvalue weighted by Gasteiger charge is 2.32. The van der Waals surface area contributed by atoms with E-state index in [4.69, 9.17) is 9.47 Å². The van der Waals surface area contributed by atoms with E-state index in [9.17, 15) is 0 Å². The molecule has 2 fully saturated rings. The maximum atomic E-state index is 5.94. The molecule has 0 aromatic heterocycles. The molecule has 25 heavy (non-hydrogen) atoms. The van der Waals surface area contributed by atoms with Crippen LogP contribution < -0.4 is 5.32 Å². The van der Waals surface area contributed by atoms with Gasteiger partial charge in [0.15, 0.2) is 5.96 Å². The average molecular weight is 355 g/mol. The molecule has 0 aromatic carbocycles. The van der Waals surface area contributed by atoms with Crippen LogP contribution in [0.15, 0.2) is 4.99 Å². The van der Waals surface area contributed by atoms with Gasteiger partial charge >= 0.3 is 0 Å². The van der Waals surface area contributed by atoms with Crippen LogP contribution in [-0.4, -0.2) is 87.5 Å². The van der Waals surface area contributed by atoms with E-state index in [1.54, 1.807) is 0 Å². The number of hydrogen-bond acceptors (Lipinski definition) is 4. The van der Waals surface area contributed by atoms with Crippen LogP contribution in [0.5, 0.6) is 0 Å². The fourth-order valence-electron chi connectivity index (χ4n) is 3.79. The van der Waals surface area contributed by atoms with Gasteiger partial charge in [-0.05, 0) is 51.7 Å². The molecular formula is C19H38N4O2. The Morgan fingerprint density at radius 1 is 1.12 bits per heavy atom. The van der Waals surface area contributed by atoms with Crippen molar-refractivity contribution in [3.8, 4) is 0 Å². The lowest BCUT2D eigenvalue weighted by Crippen LogP contribution is -2.53. The van der Waals surface area contributed by atoms with Gasteiger partial charge in [0, 0.05) is 33.3 Å². The van der Waals surface area contributed by atoms with Crippen LogP contribution in [0, 0.1) is 0 Å². The Balaban J connectivity index is 1.72. The van der Waals surface area contributed by atoms with E-state index in [0.29, 0.717) is 0 Å². The molecule has 2 aliphatic heterocycles. The minimum Gasteiger partial charge on any atom is -0.375 e. The van der Waals surface area contributed by atoms with E-state index in [1.165, 1.54) is 25.9 Å². The highest BCUT2D eigenvalue weighted by molar-refractivity contribution is 5.80. The Labute approximate surface area is 153 Å². The SMILES string of the molecule is CCCN(CCC)CCCNC(=NC)N1CCOC(C2CCCO2)C1. The average Bonchev–Trinajstić information content (AvgIpc) is 3.17. The standard InChI is InChI=1S/C19H38N4O2/c1-4-10-22(11-5-2)12-7-9-21-19(20-3)23-13-15-25-18(16-23)17-8-6-14-24-17/h17-18H,4-16H2,1-3H3,(H,20,21). The summed E-state index contributed by atoms with van der Waals surface area (Å²) in [6.07, 6.45) is 6.33. The minimum absolute atomic E-state index is 0.180. The van der Waals surface area contributed by atoms with E-state index in [0.717, 1.165) is 64.6 Å².